The molecule has 1 aromatic carbocycles. The van der Waals surface area contributed by atoms with Crippen molar-refractivity contribution in [3.8, 4) is 5.75 Å². The van der Waals surface area contributed by atoms with Crippen molar-refractivity contribution < 1.29 is 9.53 Å². The second kappa shape index (κ2) is 10.1. The first kappa shape index (κ1) is 22.8. The number of piperidine rings is 1. The maximum Gasteiger partial charge on any atom is 0.239 e. The van der Waals surface area contributed by atoms with Gasteiger partial charge in [-0.3, -0.25) is 24.7 Å². The van der Waals surface area contributed by atoms with Crippen LogP contribution in [0, 0.1) is 0 Å². The quantitative estimate of drug-likeness (QED) is 0.724. The summed E-state index contributed by atoms with van der Waals surface area (Å²) in [7, 11) is 5.60. The Kier molecular flexibility index (Phi) is 6.98. The molecule has 0 unspecified atom stereocenters. The molecule has 1 N–H and O–H groups in total. The Hall–Kier alpha value is -3.33. The van der Waals surface area contributed by atoms with Gasteiger partial charge in [-0.15, -0.1) is 0 Å². The molecule has 1 amide bonds. The molecule has 174 valence electrons. The van der Waals surface area contributed by atoms with E-state index in [1.54, 1.807) is 25.7 Å². The van der Waals surface area contributed by atoms with Crippen LogP contribution in [0.15, 0.2) is 34.5 Å². The summed E-state index contributed by atoms with van der Waals surface area (Å²) in [6, 6.07) is 3.86. The van der Waals surface area contributed by atoms with E-state index in [-0.39, 0.29) is 18.0 Å². The number of fused-ring (bicyclic) bond motifs is 3. The van der Waals surface area contributed by atoms with Gasteiger partial charge in [0, 0.05) is 56.8 Å². The van der Waals surface area contributed by atoms with E-state index in [2.05, 4.69) is 31.9 Å². The molecule has 0 saturated carbocycles. The third-order valence-corrected chi connectivity index (χ3v) is 6.25. The second-order valence-corrected chi connectivity index (χ2v) is 8.54. The number of allylic oxidation sites excluding steroid dienone is 1. The van der Waals surface area contributed by atoms with E-state index in [9.17, 15) is 4.79 Å². The molecule has 3 heterocycles. The Morgan fingerprint density at radius 1 is 1.33 bits per heavy atom. The average molecular weight is 450 g/mol. The van der Waals surface area contributed by atoms with Gasteiger partial charge in [-0.25, -0.2) is 4.98 Å². The molecule has 4 rings (SSSR count). The van der Waals surface area contributed by atoms with Gasteiger partial charge in [0.2, 0.25) is 5.91 Å². The van der Waals surface area contributed by atoms with Crippen LogP contribution in [-0.4, -0.2) is 91.5 Å². The Morgan fingerprint density at radius 2 is 2.18 bits per heavy atom. The summed E-state index contributed by atoms with van der Waals surface area (Å²) < 4.78 is 6.28. The van der Waals surface area contributed by atoms with E-state index in [4.69, 9.17) is 9.72 Å². The number of hydrogen-bond donors (Lipinski definition) is 1. The predicted octanol–water partition coefficient (Wildman–Crippen LogP) is 2.49. The first-order chi connectivity index (χ1) is 16.0. The van der Waals surface area contributed by atoms with Crippen molar-refractivity contribution in [1.82, 2.24) is 19.8 Å². The van der Waals surface area contributed by atoms with Crippen molar-refractivity contribution in [2.24, 2.45) is 9.98 Å². The highest BCUT2D eigenvalue weighted by Gasteiger charge is 2.33. The number of benzene rings is 1. The van der Waals surface area contributed by atoms with Crippen molar-refractivity contribution >= 4 is 41.3 Å². The number of carbonyl (C=O) groups excluding carboxylic acids is 1. The van der Waals surface area contributed by atoms with Gasteiger partial charge < -0.3 is 15.0 Å². The van der Waals surface area contributed by atoms with Crippen LogP contribution in [0.5, 0.6) is 5.75 Å². The number of aromatic nitrogens is 2. The highest BCUT2D eigenvalue weighted by Crippen LogP contribution is 2.33. The fourth-order valence-corrected chi connectivity index (χ4v) is 4.46. The Balaban J connectivity index is 1.80. The van der Waals surface area contributed by atoms with Crippen LogP contribution >= 0.6 is 0 Å². The number of likely N-dealkylation sites (N-methyl/N-ethyl adjacent to an activating group) is 2. The topological polar surface area (TPSA) is 95.3 Å². The lowest BCUT2D eigenvalue weighted by Crippen LogP contribution is -2.52. The molecule has 0 spiro atoms. The molecule has 1 aromatic heterocycles. The molecule has 2 aromatic rings. The summed E-state index contributed by atoms with van der Waals surface area (Å²) in [5.41, 5.74) is 3.03. The molecule has 9 heteroatoms. The first-order valence-corrected chi connectivity index (χ1v) is 11.2. The van der Waals surface area contributed by atoms with Crippen molar-refractivity contribution in [2.75, 3.05) is 46.2 Å². The Morgan fingerprint density at radius 3 is 2.97 bits per heavy atom. The van der Waals surface area contributed by atoms with Gasteiger partial charge in [-0.1, -0.05) is 0 Å². The van der Waals surface area contributed by atoms with Gasteiger partial charge in [-0.2, -0.15) is 0 Å². The molecular formula is C24H31N7O2. The van der Waals surface area contributed by atoms with Gasteiger partial charge in [-0.05, 0) is 45.2 Å². The number of carbonyl (C=O) groups is 1. The minimum Gasteiger partial charge on any atom is -0.491 e. The largest absolute Gasteiger partial charge is 0.491 e. The molecule has 9 nitrogen and oxygen atoms in total. The Bertz CT molecular complexity index is 1100. The zero-order valence-electron chi connectivity index (χ0n) is 19.5. The SMILES string of the molecule is C=N/C=C(\C=NC)c1ccc2ncc3nc2c1OCCCN(C)C(=O)[C@@H]1C[C@H](CCN1C)N3. The number of aliphatic imine (C=N–C) groups is 2. The highest BCUT2D eigenvalue weighted by atomic mass is 16.5. The summed E-state index contributed by atoms with van der Waals surface area (Å²) in [6.45, 7) is 5.48. The van der Waals surface area contributed by atoms with Crippen LogP contribution in [0.3, 0.4) is 0 Å². The number of likely N-dealkylation sites (tertiary alicyclic amines) is 1. The summed E-state index contributed by atoms with van der Waals surface area (Å²) in [6.07, 6.45) is 7.48. The zero-order chi connectivity index (χ0) is 23.4. The van der Waals surface area contributed by atoms with E-state index < -0.39 is 0 Å². The molecular weight excluding hydrogens is 418 g/mol. The fourth-order valence-electron chi connectivity index (χ4n) is 4.46. The smallest absolute Gasteiger partial charge is 0.239 e. The number of nitrogens with one attached hydrogen (secondary N) is 1. The van der Waals surface area contributed by atoms with Crippen LogP contribution < -0.4 is 10.1 Å². The van der Waals surface area contributed by atoms with Gasteiger partial charge >= 0.3 is 0 Å². The number of ether oxygens (including phenoxy) is 1. The number of amides is 1. The normalized spacial score (nSPS) is 22.8. The lowest BCUT2D eigenvalue weighted by atomic mass is 9.96. The highest BCUT2D eigenvalue weighted by molar-refractivity contribution is 6.12. The third-order valence-electron chi connectivity index (χ3n) is 6.25. The molecule has 0 radical (unpaired) electrons. The standard InChI is InChI=1S/C24H31N7O2/c1-25-13-16(14-26-2)18-6-7-19-22-23(18)33-11-5-9-31(4)24(32)20-12-17(8-10-30(20)3)28-21(29-22)15-27-19/h6-7,13-15,17,20H,1,5,8-12H2,2-4H3,(H,28,29)/b16-13+,26-14?/t17-,20-/m0/s1. The molecule has 0 aliphatic carbocycles. The van der Waals surface area contributed by atoms with Crippen LogP contribution in [-0.2, 0) is 4.79 Å². The number of hydrogen-bond acceptors (Lipinski definition) is 8. The van der Waals surface area contributed by atoms with Crippen molar-refractivity contribution in [3.05, 3.63) is 30.1 Å². The van der Waals surface area contributed by atoms with E-state index in [1.807, 2.05) is 31.1 Å². The first-order valence-electron chi connectivity index (χ1n) is 11.2. The lowest BCUT2D eigenvalue weighted by Gasteiger charge is -2.38. The molecule has 33 heavy (non-hydrogen) atoms. The molecule has 1 fully saturated rings. The summed E-state index contributed by atoms with van der Waals surface area (Å²) in [5.74, 6) is 1.45. The number of anilines is 1. The lowest BCUT2D eigenvalue weighted by molar-refractivity contribution is -0.136. The summed E-state index contributed by atoms with van der Waals surface area (Å²) >= 11 is 0. The number of rotatable bonds is 3. The third kappa shape index (κ3) is 4.88. The molecule has 2 aliphatic rings. The van der Waals surface area contributed by atoms with Gasteiger partial charge in [0.15, 0.2) is 5.75 Å². The summed E-state index contributed by atoms with van der Waals surface area (Å²) in [4.78, 5) is 34.7. The van der Waals surface area contributed by atoms with E-state index in [0.29, 0.717) is 36.7 Å². The fraction of sp³-hybridized carbons (Fsp3) is 0.458. The van der Waals surface area contributed by atoms with Crippen molar-refractivity contribution in [1.29, 1.82) is 0 Å². The van der Waals surface area contributed by atoms with Crippen LogP contribution in [0.1, 0.15) is 24.8 Å². The van der Waals surface area contributed by atoms with Gasteiger partial charge in [0.1, 0.15) is 11.3 Å². The van der Waals surface area contributed by atoms with E-state index in [1.165, 1.54) is 0 Å². The number of nitrogens with zero attached hydrogens (tertiary/aromatic N) is 6. The maximum absolute atomic E-state index is 13.1. The van der Waals surface area contributed by atoms with E-state index in [0.717, 1.165) is 36.0 Å². The molecule has 1 saturated heterocycles. The molecule has 2 atom stereocenters. The van der Waals surface area contributed by atoms with Crippen molar-refractivity contribution in [2.45, 2.75) is 31.3 Å². The molecule has 2 aliphatic heterocycles. The Labute approximate surface area is 194 Å². The van der Waals surface area contributed by atoms with E-state index >= 15 is 0 Å². The van der Waals surface area contributed by atoms with Gasteiger partial charge in [0.25, 0.3) is 0 Å². The van der Waals surface area contributed by atoms with Crippen LogP contribution in [0.25, 0.3) is 16.6 Å². The maximum atomic E-state index is 13.1. The predicted molar refractivity (Wildman–Crippen MR) is 132 cm³/mol. The van der Waals surface area contributed by atoms with Gasteiger partial charge in [0.05, 0.1) is 24.4 Å². The van der Waals surface area contributed by atoms with Crippen LogP contribution in [0.4, 0.5) is 5.82 Å². The minimum atomic E-state index is -0.145. The summed E-state index contributed by atoms with van der Waals surface area (Å²) in [5, 5.41) is 3.51. The monoisotopic (exact) mass is 449 g/mol. The second-order valence-electron chi connectivity index (χ2n) is 8.54. The van der Waals surface area contributed by atoms with Crippen molar-refractivity contribution in [3.63, 3.8) is 0 Å². The average Bonchev–Trinajstić information content (AvgIpc) is 2.81. The van der Waals surface area contributed by atoms with Crippen LogP contribution in [0.2, 0.25) is 0 Å². The zero-order valence-corrected chi connectivity index (χ0v) is 19.5. The molecule has 4 bridgehead atoms. The minimum absolute atomic E-state index is 0.137.